The number of nitrogens with zero attached hydrogens (tertiary/aromatic N) is 2. The number of carbonyl (C=O) groups excluding carboxylic acids is 2. The maximum absolute atomic E-state index is 14.6. The lowest BCUT2D eigenvalue weighted by Gasteiger charge is -2.34. The molecule has 5 rings (SSSR count). The Balaban J connectivity index is 1.57. The Bertz CT molecular complexity index is 1770. The standard InChI is InChI=1S/C35H34Cl3N3O4S/c36-27-13-9-12-26(20-27)23-40(33(21-25-10-3-1-4-11-25)35(43)39-28-14-7-8-15-28)34(42)24-41(29-18-19-31(37)32(38)22-29)46(44,45)30-16-5-2-6-17-30/h1-6,9-13,16-20,22,28,33H,7-8,14-15,21,23-24H2,(H,39,43)/t33-/m0/s1. The first-order valence-corrected chi connectivity index (χ1v) is 17.6. The average Bonchev–Trinajstić information content (AvgIpc) is 3.56. The highest BCUT2D eigenvalue weighted by Crippen LogP contribution is 2.31. The first-order valence-electron chi connectivity index (χ1n) is 15.0. The summed E-state index contributed by atoms with van der Waals surface area (Å²) >= 11 is 18.8. The quantitative estimate of drug-likeness (QED) is 0.166. The summed E-state index contributed by atoms with van der Waals surface area (Å²) in [7, 11) is -4.25. The van der Waals surface area contributed by atoms with Crippen LogP contribution in [0.2, 0.25) is 15.1 Å². The molecule has 1 aliphatic rings. The molecule has 1 N–H and O–H groups in total. The van der Waals surface area contributed by atoms with Gasteiger partial charge in [0.2, 0.25) is 11.8 Å². The van der Waals surface area contributed by atoms with E-state index in [1.165, 1.54) is 35.2 Å². The number of halogens is 3. The van der Waals surface area contributed by atoms with E-state index in [0.717, 1.165) is 35.6 Å². The number of rotatable bonds is 12. The number of carbonyl (C=O) groups is 2. The van der Waals surface area contributed by atoms with Gasteiger partial charge in [0.1, 0.15) is 12.6 Å². The van der Waals surface area contributed by atoms with E-state index in [-0.39, 0.29) is 45.5 Å². The largest absolute Gasteiger partial charge is 0.352 e. The third kappa shape index (κ3) is 8.42. The molecular weight excluding hydrogens is 665 g/mol. The van der Waals surface area contributed by atoms with Gasteiger partial charge in [-0.25, -0.2) is 8.42 Å². The zero-order chi connectivity index (χ0) is 32.7. The third-order valence-corrected chi connectivity index (χ3v) is 10.8. The Morgan fingerprint density at radius 3 is 2.09 bits per heavy atom. The molecule has 46 heavy (non-hydrogen) atoms. The molecule has 0 aromatic heterocycles. The smallest absolute Gasteiger partial charge is 0.264 e. The number of sulfonamides is 1. The summed E-state index contributed by atoms with van der Waals surface area (Å²) in [5, 5.41) is 4.01. The van der Waals surface area contributed by atoms with Gasteiger partial charge in [-0.1, -0.05) is 108 Å². The Labute approximate surface area is 285 Å². The number of hydrogen-bond acceptors (Lipinski definition) is 4. The SMILES string of the molecule is O=C(NC1CCCC1)[C@H](Cc1ccccc1)N(Cc1cccc(Cl)c1)C(=O)CN(c1ccc(Cl)c(Cl)c1)S(=O)(=O)c1ccccc1. The molecule has 4 aromatic carbocycles. The Morgan fingerprint density at radius 1 is 0.783 bits per heavy atom. The zero-order valence-electron chi connectivity index (χ0n) is 25.0. The lowest BCUT2D eigenvalue weighted by molar-refractivity contribution is -0.140. The monoisotopic (exact) mass is 697 g/mol. The highest BCUT2D eigenvalue weighted by atomic mass is 35.5. The van der Waals surface area contributed by atoms with Crippen LogP contribution in [0.4, 0.5) is 5.69 Å². The van der Waals surface area contributed by atoms with Crippen LogP contribution in [0.3, 0.4) is 0 Å². The van der Waals surface area contributed by atoms with Gasteiger partial charge in [-0.05, 0) is 66.4 Å². The van der Waals surface area contributed by atoms with E-state index in [1.54, 1.807) is 36.4 Å². The predicted molar refractivity (Wildman–Crippen MR) is 184 cm³/mol. The van der Waals surface area contributed by atoms with Crippen LogP contribution in [0.15, 0.2) is 108 Å². The Hall–Kier alpha value is -3.56. The number of amides is 2. The molecular formula is C35H34Cl3N3O4S. The molecule has 0 saturated heterocycles. The van der Waals surface area contributed by atoms with Crippen molar-refractivity contribution >= 4 is 62.3 Å². The van der Waals surface area contributed by atoms with Gasteiger partial charge >= 0.3 is 0 Å². The van der Waals surface area contributed by atoms with Gasteiger partial charge < -0.3 is 10.2 Å². The number of benzene rings is 4. The van der Waals surface area contributed by atoms with Crippen molar-refractivity contribution in [1.29, 1.82) is 0 Å². The fourth-order valence-corrected chi connectivity index (χ4v) is 7.57. The fourth-order valence-electron chi connectivity index (χ4n) is 5.64. The first kappa shape index (κ1) is 33.8. The molecule has 2 amide bonds. The summed E-state index contributed by atoms with van der Waals surface area (Å²) in [6, 6.07) is 27.8. The van der Waals surface area contributed by atoms with Crippen molar-refractivity contribution in [1.82, 2.24) is 10.2 Å². The summed E-state index contributed by atoms with van der Waals surface area (Å²) in [6.07, 6.45) is 4.01. The van der Waals surface area contributed by atoms with Gasteiger partial charge in [-0.3, -0.25) is 13.9 Å². The molecule has 0 spiro atoms. The zero-order valence-corrected chi connectivity index (χ0v) is 28.1. The minimum atomic E-state index is -4.25. The van der Waals surface area contributed by atoms with E-state index in [0.29, 0.717) is 10.6 Å². The molecule has 0 aliphatic heterocycles. The van der Waals surface area contributed by atoms with Gasteiger partial charge in [0.05, 0.1) is 20.6 Å². The van der Waals surface area contributed by atoms with Crippen LogP contribution in [-0.2, 0) is 32.6 Å². The summed E-state index contributed by atoms with van der Waals surface area (Å²) in [5.41, 5.74) is 1.71. The highest BCUT2D eigenvalue weighted by molar-refractivity contribution is 7.92. The Morgan fingerprint density at radius 2 is 1.43 bits per heavy atom. The van der Waals surface area contributed by atoms with Gasteiger partial charge in [-0.15, -0.1) is 0 Å². The van der Waals surface area contributed by atoms with Crippen LogP contribution in [0.5, 0.6) is 0 Å². The molecule has 240 valence electrons. The topological polar surface area (TPSA) is 86.8 Å². The van der Waals surface area contributed by atoms with E-state index in [2.05, 4.69) is 5.32 Å². The van der Waals surface area contributed by atoms with Crippen molar-refractivity contribution in [3.63, 3.8) is 0 Å². The number of hydrogen-bond donors (Lipinski definition) is 1. The minimum absolute atomic E-state index is 0.00456. The van der Waals surface area contributed by atoms with Gasteiger partial charge in [0.15, 0.2) is 0 Å². The van der Waals surface area contributed by atoms with Crippen molar-refractivity contribution in [2.45, 2.75) is 55.6 Å². The van der Waals surface area contributed by atoms with Crippen LogP contribution in [0, 0.1) is 0 Å². The predicted octanol–water partition coefficient (Wildman–Crippen LogP) is 7.54. The summed E-state index contributed by atoms with van der Waals surface area (Å²) in [6.45, 7) is -0.576. The van der Waals surface area contributed by atoms with Gasteiger partial charge in [0, 0.05) is 24.0 Å². The van der Waals surface area contributed by atoms with E-state index in [9.17, 15) is 18.0 Å². The van der Waals surface area contributed by atoms with Crippen molar-refractivity contribution in [3.8, 4) is 0 Å². The van der Waals surface area contributed by atoms with Crippen molar-refractivity contribution in [2.24, 2.45) is 0 Å². The molecule has 4 aromatic rings. The van der Waals surface area contributed by atoms with Gasteiger partial charge in [0.25, 0.3) is 10.0 Å². The average molecular weight is 699 g/mol. The van der Waals surface area contributed by atoms with Crippen LogP contribution in [-0.4, -0.2) is 43.8 Å². The lowest BCUT2D eigenvalue weighted by Crippen LogP contribution is -2.54. The van der Waals surface area contributed by atoms with Crippen LogP contribution in [0.1, 0.15) is 36.8 Å². The molecule has 11 heteroatoms. The third-order valence-electron chi connectivity index (χ3n) is 8.02. The van der Waals surface area contributed by atoms with Crippen LogP contribution in [0.25, 0.3) is 0 Å². The molecule has 1 aliphatic carbocycles. The van der Waals surface area contributed by atoms with E-state index < -0.39 is 28.5 Å². The lowest BCUT2D eigenvalue weighted by atomic mass is 10.0. The fraction of sp³-hybridized carbons (Fsp3) is 0.257. The van der Waals surface area contributed by atoms with E-state index in [4.69, 9.17) is 34.8 Å². The second kappa shape index (κ2) is 15.4. The van der Waals surface area contributed by atoms with E-state index in [1.807, 2.05) is 36.4 Å². The molecule has 0 heterocycles. The minimum Gasteiger partial charge on any atom is -0.352 e. The number of anilines is 1. The summed E-state index contributed by atoms with van der Waals surface area (Å²) in [4.78, 5) is 30.1. The maximum Gasteiger partial charge on any atom is 0.264 e. The van der Waals surface area contributed by atoms with Crippen LogP contribution < -0.4 is 9.62 Å². The second-order valence-electron chi connectivity index (χ2n) is 11.3. The summed E-state index contributed by atoms with van der Waals surface area (Å²) < 4.78 is 29.2. The molecule has 1 atom stereocenters. The molecule has 1 saturated carbocycles. The number of nitrogens with one attached hydrogen (secondary N) is 1. The molecule has 0 radical (unpaired) electrons. The summed E-state index contributed by atoms with van der Waals surface area (Å²) in [5.74, 6) is -0.869. The van der Waals surface area contributed by atoms with E-state index >= 15 is 0 Å². The molecule has 7 nitrogen and oxygen atoms in total. The van der Waals surface area contributed by atoms with Crippen LogP contribution >= 0.6 is 34.8 Å². The Kier molecular flexibility index (Phi) is 11.3. The second-order valence-corrected chi connectivity index (χ2v) is 14.4. The normalized spacial score (nSPS) is 14.1. The first-order chi connectivity index (χ1) is 22.1. The van der Waals surface area contributed by atoms with Crippen molar-refractivity contribution in [2.75, 3.05) is 10.8 Å². The van der Waals surface area contributed by atoms with Gasteiger partial charge in [-0.2, -0.15) is 0 Å². The molecule has 0 unspecified atom stereocenters. The molecule has 1 fully saturated rings. The highest BCUT2D eigenvalue weighted by Gasteiger charge is 2.35. The maximum atomic E-state index is 14.6. The molecule has 0 bridgehead atoms. The van der Waals surface area contributed by atoms with Crippen molar-refractivity contribution in [3.05, 3.63) is 129 Å². The van der Waals surface area contributed by atoms with Crippen molar-refractivity contribution < 1.29 is 18.0 Å².